The smallest absolute Gasteiger partial charge is 0.331 e. The van der Waals surface area contributed by atoms with Crippen LogP contribution in [-0.2, 0) is 15.1 Å². The molecular weight excluding hydrogens is 504 g/mol. The van der Waals surface area contributed by atoms with Crippen molar-refractivity contribution in [2.45, 2.75) is 5.60 Å². The van der Waals surface area contributed by atoms with Gasteiger partial charge in [-0.2, -0.15) is 0 Å². The number of rotatable bonds is 8. The van der Waals surface area contributed by atoms with Gasteiger partial charge in [0.25, 0.3) is 0 Å². The van der Waals surface area contributed by atoms with Gasteiger partial charge in [-0.3, -0.25) is 0 Å². The van der Waals surface area contributed by atoms with Crippen LogP contribution < -0.4 is 0 Å². The van der Waals surface area contributed by atoms with Crippen LogP contribution in [0.25, 0.3) is 12.2 Å². The molecule has 0 bridgehead atoms. The molecule has 0 heterocycles. The van der Waals surface area contributed by atoms with Gasteiger partial charge in [-0.05, 0) is 23.3 Å². The lowest BCUT2D eigenvalue weighted by Crippen LogP contribution is -2.34. The van der Waals surface area contributed by atoms with Crippen LogP contribution in [0, 0.1) is 0 Å². The fraction of sp³-hybridized carbons (Fsp3) is 0.0263. The van der Waals surface area contributed by atoms with Gasteiger partial charge < -0.3 is 9.84 Å². The van der Waals surface area contributed by atoms with Crippen molar-refractivity contribution >= 4 is 18.1 Å². The molecule has 5 rings (SSSR count). The van der Waals surface area contributed by atoms with Crippen LogP contribution in [0.5, 0.6) is 5.75 Å². The van der Waals surface area contributed by atoms with E-state index in [4.69, 9.17) is 9.84 Å². The highest BCUT2D eigenvalue weighted by atomic mass is 16.6. The number of allylic oxidation sites excluding steroid dienone is 2. The number of phenolic OH excluding ortho intramolecular Hbond substituents is 1. The maximum absolute atomic E-state index is 12.2. The van der Waals surface area contributed by atoms with Crippen LogP contribution in [0.4, 0.5) is 0 Å². The Morgan fingerprint density at radius 2 is 0.927 bits per heavy atom. The summed E-state index contributed by atoms with van der Waals surface area (Å²) in [5.74, 6) is -0.173. The molecule has 3 heteroatoms. The van der Waals surface area contributed by atoms with E-state index in [1.165, 1.54) is 11.6 Å². The Morgan fingerprint density at radius 1 is 0.561 bits per heavy atom. The maximum Gasteiger partial charge on any atom is 0.331 e. The molecule has 0 aromatic heterocycles. The van der Waals surface area contributed by atoms with Crippen LogP contribution in [0.1, 0.15) is 27.8 Å². The van der Waals surface area contributed by atoms with Crippen molar-refractivity contribution in [3.05, 3.63) is 198 Å². The molecule has 0 aliphatic rings. The molecule has 202 valence electrons. The Morgan fingerprint density at radius 3 is 1.32 bits per heavy atom. The van der Waals surface area contributed by atoms with E-state index in [0.717, 1.165) is 22.3 Å². The minimum atomic E-state index is -1.02. The molecule has 5 aromatic rings. The predicted molar refractivity (Wildman–Crippen MR) is 168 cm³/mol. The van der Waals surface area contributed by atoms with Gasteiger partial charge in [0.05, 0.1) is 0 Å². The second kappa shape index (κ2) is 14.7. The molecule has 0 saturated carbocycles. The molecule has 0 saturated heterocycles. The second-order valence-corrected chi connectivity index (χ2v) is 9.12. The molecule has 0 aliphatic heterocycles. The van der Waals surface area contributed by atoms with Crippen LogP contribution in [0.2, 0.25) is 0 Å². The summed E-state index contributed by atoms with van der Waals surface area (Å²) in [4.78, 5) is 12.2. The highest BCUT2D eigenvalue weighted by molar-refractivity contribution is 5.82. The molecule has 5 aromatic carbocycles. The van der Waals surface area contributed by atoms with Crippen molar-refractivity contribution in [2.24, 2.45) is 0 Å². The Bertz CT molecular complexity index is 1460. The molecule has 1 N–H and O–H groups in total. The standard InChI is InChI=1S/C22H18O2.C16H14O/c1-2-21(23)24-22(18-12-6-3-7-13-18,19-14-8-4-9-15-19)20-16-10-5-11-17-20;17-16-12-10-15(11-13-16)9-5-4-8-14-6-2-1-3-7-14/h2-17H,1H2;1-13,17H. The van der Waals surface area contributed by atoms with E-state index in [-0.39, 0.29) is 0 Å². The van der Waals surface area contributed by atoms with Gasteiger partial charge in [0.15, 0.2) is 5.60 Å². The lowest BCUT2D eigenvalue weighted by molar-refractivity contribution is -0.147. The van der Waals surface area contributed by atoms with Crippen molar-refractivity contribution in [1.82, 2.24) is 0 Å². The van der Waals surface area contributed by atoms with Crippen LogP contribution in [0.3, 0.4) is 0 Å². The molecule has 0 fully saturated rings. The van der Waals surface area contributed by atoms with Crippen molar-refractivity contribution in [2.75, 3.05) is 0 Å². The molecule has 0 radical (unpaired) electrons. The first kappa shape index (κ1) is 28.6. The second-order valence-electron chi connectivity index (χ2n) is 9.12. The third-order valence-electron chi connectivity index (χ3n) is 6.34. The zero-order valence-electron chi connectivity index (χ0n) is 22.7. The molecule has 0 spiro atoms. The van der Waals surface area contributed by atoms with E-state index in [0.29, 0.717) is 5.75 Å². The van der Waals surface area contributed by atoms with Crippen molar-refractivity contribution in [1.29, 1.82) is 0 Å². The first-order valence-electron chi connectivity index (χ1n) is 13.3. The maximum atomic E-state index is 12.2. The number of carbonyl (C=O) groups is 1. The number of benzene rings is 5. The summed E-state index contributed by atoms with van der Waals surface area (Å²) >= 11 is 0. The average Bonchev–Trinajstić information content (AvgIpc) is 3.05. The highest BCUT2D eigenvalue weighted by Crippen LogP contribution is 2.40. The van der Waals surface area contributed by atoms with E-state index in [9.17, 15) is 4.79 Å². The summed E-state index contributed by atoms with van der Waals surface area (Å²) in [6, 6.07) is 46.6. The van der Waals surface area contributed by atoms with E-state index >= 15 is 0 Å². The summed E-state index contributed by atoms with van der Waals surface area (Å²) in [6.07, 6.45) is 9.24. The molecular formula is C38H32O3. The summed E-state index contributed by atoms with van der Waals surface area (Å²) < 4.78 is 5.99. The number of ether oxygens (including phenoxy) is 1. The molecule has 0 atom stereocenters. The van der Waals surface area contributed by atoms with Crippen LogP contribution in [0.15, 0.2) is 170 Å². The van der Waals surface area contributed by atoms with E-state index in [2.05, 4.69) is 24.8 Å². The fourth-order valence-electron chi connectivity index (χ4n) is 4.37. The third-order valence-corrected chi connectivity index (χ3v) is 6.34. The Balaban J connectivity index is 0.000000201. The minimum absolute atomic E-state index is 0.293. The van der Waals surface area contributed by atoms with Crippen molar-refractivity contribution in [3.63, 3.8) is 0 Å². The van der Waals surface area contributed by atoms with Gasteiger partial charge >= 0.3 is 5.97 Å². The Kier molecular flexibility index (Phi) is 10.2. The van der Waals surface area contributed by atoms with Gasteiger partial charge in [0.2, 0.25) is 0 Å². The normalized spacial score (nSPS) is 11.0. The minimum Gasteiger partial charge on any atom is -0.508 e. The lowest BCUT2D eigenvalue weighted by Gasteiger charge is -2.34. The zero-order chi connectivity index (χ0) is 28.8. The first-order valence-corrected chi connectivity index (χ1v) is 13.3. The number of hydrogen-bond acceptors (Lipinski definition) is 3. The summed E-state index contributed by atoms with van der Waals surface area (Å²) in [6.45, 7) is 3.55. The molecule has 0 aliphatic carbocycles. The largest absolute Gasteiger partial charge is 0.508 e. The number of phenols is 1. The van der Waals surface area contributed by atoms with Gasteiger partial charge in [0.1, 0.15) is 5.75 Å². The number of hydrogen-bond donors (Lipinski definition) is 1. The summed E-state index contributed by atoms with van der Waals surface area (Å²) in [5.41, 5.74) is 3.89. The van der Waals surface area contributed by atoms with Crippen molar-refractivity contribution < 1.29 is 14.6 Å². The molecule has 0 amide bonds. The monoisotopic (exact) mass is 536 g/mol. The van der Waals surface area contributed by atoms with Crippen molar-refractivity contribution in [3.8, 4) is 5.75 Å². The van der Waals surface area contributed by atoms with Crippen LogP contribution >= 0.6 is 0 Å². The Labute approximate surface area is 242 Å². The van der Waals surface area contributed by atoms with Crippen LogP contribution in [-0.4, -0.2) is 11.1 Å². The third kappa shape index (κ3) is 7.81. The first-order chi connectivity index (χ1) is 20.1. The highest BCUT2D eigenvalue weighted by Gasteiger charge is 2.39. The topological polar surface area (TPSA) is 46.5 Å². The predicted octanol–water partition coefficient (Wildman–Crippen LogP) is 8.83. The number of aromatic hydroxyl groups is 1. The number of carbonyl (C=O) groups excluding carboxylic acids is 1. The fourth-order valence-corrected chi connectivity index (χ4v) is 4.37. The van der Waals surface area contributed by atoms with E-state index in [1.54, 1.807) is 12.1 Å². The molecule has 3 nitrogen and oxygen atoms in total. The SMILES string of the molecule is C=CC(=O)OC(c1ccccc1)(c1ccccc1)c1ccccc1.Oc1ccc(C=CC=Cc2ccccc2)cc1. The zero-order valence-corrected chi connectivity index (χ0v) is 22.7. The van der Waals surface area contributed by atoms with Gasteiger partial charge in [-0.1, -0.05) is 164 Å². The van der Waals surface area contributed by atoms with Gasteiger partial charge in [-0.25, -0.2) is 4.79 Å². The van der Waals surface area contributed by atoms with Gasteiger partial charge in [-0.15, -0.1) is 0 Å². The summed E-state index contributed by atoms with van der Waals surface area (Å²) in [7, 11) is 0. The lowest BCUT2D eigenvalue weighted by atomic mass is 9.80. The Hall–Kier alpha value is -5.41. The van der Waals surface area contributed by atoms with Gasteiger partial charge in [0, 0.05) is 22.8 Å². The molecule has 41 heavy (non-hydrogen) atoms. The quantitative estimate of drug-likeness (QED) is 0.0933. The number of esters is 1. The average molecular weight is 537 g/mol. The molecule has 0 unspecified atom stereocenters. The van der Waals surface area contributed by atoms with E-state index < -0.39 is 11.6 Å². The summed E-state index contributed by atoms with van der Waals surface area (Å²) in [5, 5.41) is 9.14. The van der Waals surface area contributed by atoms with E-state index in [1.807, 2.05) is 140 Å².